The number of aryl methyl sites for hydroxylation is 1. The van der Waals surface area contributed by atoms with Crippen LogP contribution in [0.2, 0.25) is 0 Å². The third kappa shape index (κ3) is 7.08. The first-order valence-corrected chi connectivity index (χ1v) is 9.19. The molecule has 2 atom stereocenters. The zero-order valence-electron chi connectivity index (χ0n) is 16.0. The molecule has 144 valence electrons. The van der Waals surface area contributed by atoms with Crippen LogP contribution in [0, 0.1) is 5.92 Å². The summed E-state index contributed by atoms with van der Waals surface area (Å²) in [5.41, 5.74) is 0. The van der Waals surface area contributed by atoms with E-state index in [-0.39, 0.29) is 24.0 Å². The minimum absolute atomic E-state index is 0. The van der Waals surface area contributed by atoms with Gasteiger partial charge in [0.2, 0.25) is 0 Å². The van der Waals surface area contributed by atoms with Gasteiger partial charge in [-0.15, -0.1) is 34.2 Å². The molecule has 0 radical (unpaired) electrons. The van der Waals surface area contributed by atoms with Crippen molar-refractivity contribution in [1.29, 1.82) is 0 Å². The molecule has 2 unspecified atom stereocenters. The highest BCUT2D eigenvalue weighted by Crippen LogP contribution is 2.17. The smallest absolute Gasteiger partial charge is 0.191 e. The van der Waals surface area contributed by atoms with Crippen LogP contribution in [0.5, 0.6) is 0 Å². The molecule has 0 saturated carbocycles. The van der Waals surface area contributed by atoms with Gasteiger partial charge in [0.05, 0.1) is 0 Å². The van der Waals surface area contributed by atoms with Gasteiger partial charge >= 0.3 is 0 Å². The summed E-state index contributed by atoms with van der Waals surface area (Å²) in [7, 11) is 1.82. The molecule has 7 nitrogen and oxygen atoms in total. The van der Waals surface area contributed by atoms with Gasteiger partial charge in [0.15, 0.2) is 5.96 Å². The Morgan fingerprint density at radius 2 is 2.24 bits per heavy atom. The van der Waals surface area contributed by atoms with E-state index in [2.05, 4.69) is 56.1 Å². The Morgan fingerprint density at radius 1 is 1.44 bits per heavy atom. The average molecular weight is 463 g/mol. The number of hydrogen-bond acceptors (Lipinski definition) is 4. The number of nitrogens with one attached hydrogen (secondary N) is 2. The van der Waals surface area contributed by atoms with Crippen molar-refractivity contribution in [3.05, 3.63) is 12.2 Å². The first-order chi connectivity index (χ1) is 11.6. The fraction of sp³-hybridized carbons (Fsp3) is 0.824. The maximum absolute atomic E-state index is 4.32. The second kappa shape index (κ2) is 11.7. The van der Waals surface area contributed by atoms with E-state index < -0.39 is 0 Å². The molecule has 0 amide bonds. The van der Waals surface area contributed by atoms with Crippen molar-refractivity contribution >= 4 is 29.9 Å². The predicted octanol–water partition coefficient (Wildman–Crippen LogP) is 1.74. The Kier molecular flexibility index (Phi) is 10.3. The van der Waals surface area contributed by atoms with Crippen LogP contribution in [-0.2, 0) is 13.0 Å². The molecule has 0 bridgehead atoms. The number of aliphatic imine (C=N–C) groups is 1. The summed E-state index contributed by atoms with van der Waals surface area (Å²) in [6.45, 7) is 11.7. The van der Waals surface area contributed by atoms with E-state index in [9.17, 15) is 0 Å². The van der Waals surface area contributed by atoms with Gasteiger partial charge in [-0.2, -0.15) is 0 Å². The molecule has 1 fully saturated rings. The van der Waals surface area contributed by atoms with Gasteiger partial charge in [-0.25, -0.2) is 0 Å². The molecule has 2 heterocycles. The second-order valence-electron chi connectivity index (χ2n) is 6.77. The second-order valence-corrected chi connectivity index (χ2v) is 6.77. The lowest BCUT2D eigenvalue weighted by Crippen LogP contribution is -2.48. The molecule has 0 aliphatic carbocycles. The van der Waals surface area contributed by atoms with Crippen LogP contribution in [0.3, 0.4) is 0 Å². The number of nitrogens with zero attached hydrogens (tertiary/aromatic N) is 5. The van der Waals surface area contributed by atoms with Gasteiger partial charge in [0.25, 0.3) is 0 Å². The van der Waals surface area contributed by atoms with Crippen LogP contribution in [0.15, 0.2) is 11.3 Å². The Balaban J connectivity index is 0.00000312. The molecule has 2 N–H and O–H groups in total. The molecule has 1 aromatic heterocycles. The molecular formula is C17H34IN7. The van der Waals surface area contributed by atoms with Gasteiger partial charge < -0.3 is 15.2 Å². The monoisotopic (exact) mass is 463 g/mol. The molecule has 2 rings (SSSR count). The van der Waals surface area contributed by atoms with Gasteiger partial charge in [-0.3, -0.25) is 9.89 Å². The fourth-order valence-electron chi connectivity index (χ4n) is 3.25. The fourth-order valence-corrected chi connectivity index (χ4v) is 3.25. The zero-order valence-corrected chi connectivity index (χ0v) is 18.4. The van der Waals surface area contributed by atoms with Gasteiger partial charge in [-0.1, -0.05) is 13.8 Å². The number of piperidine rings is 1. The van der Waals surface area contributed by atoms with Crippen molar-refractivity contribution in [2.75, 3.05) is 33.2 Å². The molecule has 8 heteroatoms. The molecule has 1 saturated heterocycles. The number of guanidine groups is 1. The summed E-state index contributed by atoms with van der Waals surface area (Å²) in [5, 5.41) is 14.9. The van der Waals surface area contributed by atoms with E-state index in [4.69, 9.17) is 0 Å². The summed E-state index contributed by atoms with van der Waals surface area (Å²) in [6, 6.07) is 0.524. The third-order valence-electron chi connectivity index (χ3n) is 4.76. The number of hydrogen-bond donors (Lipinski definition) is 2. The van der Waals surface area contributed by atoms with Crippen LogP contribution in [-0.4, -0.2) is 64.9 Å². The first-order valence-electron chi connectivity index (χ1n) is 9.19. The van der Waals surface area contributed by atoms with Gasteiger partial charge in [-0.05, 0) is 32.2 Å². The standard InChI is InChI=1S/C17H33N7.HI/c1-5-16-22-21-13-24(16)10-8-19-17(18-4)20-11-15(3)23-9-6-7-14(2)12-23;/h13-15H,5-12H2,1-4H3,(H2,18,19,20);1H. The molecule has 1 aliphatic rings. The van der Waals surface area contributed by atoms with Crippen LogP contribution in [0.1, 0.15) is 39.4 Å². The van der Waals surface area contributed by atoms with Crippen molar-refractivity contribution in [3.8, 4) is 0 Å². The highest BCUT2D eigenvalue weighted by molar-refractivity contribution is 14.0. The maximum atomic E-state index is 4.32. The van der Waals surface area contributed by atoms with E-state index >= 15 is 0 Å². The minimum Gasteiger partial charge on any atom is -0.355 e. The third-order valence-corrected chi connectivity index (χ3v) is 4.76. The number of aromatic nitrogens is 3. The van der Waals surface area contributed by atoms with Crippen molar-refractivity contribution in [1.82, 2.24) is 30.3 Å². The normalized spacial score (nSPS) is 20.0. The molecular weight excluding hydrogens is 429 g/mol. The quantitative estimate of drug-likeness (QED) is 0.366. The highest BCUT2D eigenvalue weighted by atomic mass is 127. The number of rotatable bonds is 7. The predicted molar refractivity (Wildman–Crippen MR) is 114 cm³/mol. The zero-order chi connectivity index (χ0) is 17.4. The first kappa shape index (κ1) is 22.1. The lowest BCUT2D eigenvalue weighted by molar-refractivity contribution is 0.139. The van der Waals surface area contributed by atoms with Gasteiger partial charge in [0, 0.05) is 45.7 Å². The van der Waals surface area contributed by atoms with Crippen molar-refractivity contribution in [3.63, 3.8) is 0 Å². The summed E-state index contributed by atoms with van der Waals surface area (Å²) < 4.78 is 2.08. The van der Waals surface area contributed by atoms with Crippen molar-refractivity contribution in [2.24, 2.45) is 10.9 Å². The lowest BCUT2D eigenvalue weighted by atomic mass is 9.99. The van der Waals surface area contributed by atoms with Gasteiger partial charge in [0.1, 0.15) is 12.2 Å². The Hall–Kier alpha value is -0.900. The molecule has 0 spiro atoms. The highest BCUT2D eigenvalue weighted by Gasteiger charge is 2.20. The molecule has 1 aromatic rings. The van der Waals surface area contributed by atoms with E-state index in [0.717, 1.165) is 43.8 Å². The minimum atomic E-state index is 0. The van der Waals surface area contributed by atoms with Crippen molar-refractivity contribution in [2.45, 2.75) is 52.6 Å². The van der Waals surface area contributed by atoms with E-state index in [1.54, 1.807) is 6.33 Å². The molecule has 0 aromatic carbocycles. The summed E-state index contributed by atoms with van der Waals surface area (Å²) in [4.78, 5) is 6.90. The Morgan fingerprint density at radius 3 is 2.92 bits per heavy atom. The largest absolute Gasteiger partial charge is 0.355 e. The number of likely N-dealkylation sites (tertiary alicyclic amines) is 1. The maximum Gasteiger partial charge on any atom is 0.191 e. The van der Waals surface area contributed by atoms with E-state index in [1.807, 2.05) is 7.05 Å². The van der Waals surface area contributed by atoms with Crippen LogP contribution in [0.4, 0.5) is 0 Å². The Bertz CT molecular complexity index is 517. The van der Waals surface area contributed by atoms with Crippen LogP contribution >= 0.6 is 24.0 Å². The SMILES string of the molecule is CCc1nncn1CCNC(=NC)NCC(C)N1CCCC(C)C1.I. The van der Waals surface area contributed by atoms with Crippen LogP contribution in [0.25, 0.3) is 0 Å². The lowest BCUT2D eigenvalue weighted by Gasteiger charge is -2.35. The summed E-state index contributed by atoms with van der Waals surface area (Å²) in [6.07, 6.45) is 5.37. The van der Waals surface area contributed by atoms with E-state index in [1.165, 1.54) is 25.9 Å². The molecule has 25 heavy (non-hydrogen) atoms. The summed E-state index contributed by atoms with van der Waals surface area (Å²) in [5.74, 6) is 2.70. The number of halogens is 1. The molecule has 1 aliphatic heterocycles. The topological polar surface area (TPSA) is 70.4 Å². The van der Waals surface area contributed by atoms with E-state index in [0.29, 0.717) is 6.04 Å². The Labute approximate surface area is 169 Å². The van der Waals surface area contributed by atoms with Crippen molar-refractivity contribution < 1.29 is 0 Å². The summed E-state index contributed by atoms with van der Waals surface area (Å²) >= 11 is 0. The van der Waals surface area contributed by atoms with Crippen LogP contribution < -0.4 is 10.6 Å². The average Bonchev–Trinajstić information content (AvgIpc) is 3.05.